The third kappa shape index (κ3) is 3.55. The zero-order chi connectivity index (χ0) is 8.81. The molecule has 0 radical (unpaired) electrons. The average molecular weight is 171 g/mol. The molecule has 0 spiro atoms. The van der Waals surface area contributed by atoms with Gasteiger partial charge in [-0.05, 0) is 44.7 Å². The fraction of sp³-hybridized carbons (Fsp3) is 1.00. The van der Waals surface area contributed by atoms with Crippen LogP contribution in [0.5, 0.6) is 0 Å². The van der Waals surface area contributed by atoms with Crippen LogP contribution in [0.2, 0.25) is 0 Å². The van der Waals surface area contributed by atoms with E-state index in [2.05, 4.69) is 12.2 Å². The van der Waals surface area contributed by atoms with Gasteiger partial charge in [0.1, 0.15) is 0 Å². The van der Waals surface area contributed by atoms with Crippen molar-refractivity contribution in [2.45, 2.75) is 26.2 Å². The first-order chi connectivity index (χ1) is 5.83. The van der Waals surface area contributed by atoms with Gasteiger partial charge in [0.15, 0.2) is 0 Å². The van der Waals surface area contributed by atoms with Crippen molar-refractivity contribution in [2.75, 3.05) is 26.8 Å². The number of hydrogen-bond donors (Lipinski definition) is 1. The van der Waals surface area contributed by atoms with Crippen molar-refractivity contribution in [3.63, 3.8) is 0 Å². The van der Waals surface area contributed by atoms with Crippen molar-refractivity contribution in [3.8, 4) is 0 Å². The predicted octanol–water partition coefficient (Wildman–Crippen LogP) is 1.66. The van der Waals surface area contributed by atoms with Crippen LogP contribution in [0.1, 0.15) is 26.2 Å². The quantitative estimate of drug-likeness (QED) is 0.694. The van der Waals surface area contributed by atoms with Gasteiger partial charge in [0.25, 0.3) is 0 Å². The van der Waals surface area contributed by atoms with Gasteiger partial charge in [-0.2, -0.15) is 0 Å². The lowest BCUT2D eigenvalue weighted by Crippen LogP contribution is -2.22. The molecule has 72 valence electrons. The van der Waals surface area contributed by atoms with Gasteiger partial charge < -0.3 is 10.1 Å². The zero-order valence-electron chi connectivity index (χ0n) is 8.31. The molecule has 1 N–H and O–H groups in total. The number of rotatable bonds is 4. The molecule has 1 fully saturated rings. The summed E-state index contributed by atoms with van der Waals surface area (Å²) in [5.41, 5.74) is 0. The minimum absolute atomic E-state index is 0.818. The molecule has 2 nitrogen and oxygen atoms in total. The number of ether oxygens (including phenoxy) is 1. The minimum Gasteiger partial charge on any atom is -0.381 e. The highest BCUT2D eigenvalue weighted by Crippen LogP contribution is 2.22. The lowest BCUT2D eigenvalue weighted by molar-refractivity contribution is 0.0594. The molecule has 1 unspecified atom stereocenters. The van der Waals surface area contributed by atoms with Crippen LogP contribution in [-0.4, -0.2) is 26.8 Å². The second-order valence-corrected chi connectivity index (χ2v) is 3.95. The summed E-state index contributed by atoms with van der Waals surface area (Å²) in [4.78, 5) is 0. The summed E-state index contributed by atoms with van der Waals surface area (Å²) in [5.74, 6) is 1.74. The Morgan fingerprint density at radius 2 is 2.08 bits per heavy atom. The van der Waals surface area contributed by atoms with E-state index in [9.17, 15) is 0 Å². The Hall–Kier alpha value is -0.0800. The molecule has 12 heavy (non-hydrogen) atoms. The van der Waals surface area contributed by atoms with Gasteiger partial charge in [-0.3, -0.25) is 0 Å². The van der Waals surface area contributed by atoms with Crippen LogP contribution >= 0.6 is 0 Å². The maximum absolute atomic E-state index is 5.33. The van der Waals surface area contributed by atoms with E-state index in [-0.39, 0.29) is 0 Å². The maximum atomic E-state index is 5.33. The molecule has 1 atom stereocenters. The Morgan fingerprint density at radius 3 is 2.67 bits per heavy atom. The lowest BCUT2D eigenvalue weighted by Gasteiger charge is -2.24. The van der Waals surface area contributed by atoms with Gasteiger partial charge >= 0.3 is 0 Å². The first-order valence-electron chi connectivity index (χ1n) is 5.05. The maximum Gasteiger partial charge on any atom is 0.0468 e. The van der Waals surface area contributed by atoms with Crippen LogP contribution < -0.4 is 5.32 Å². The van der Waals surface area contributed by atoms with Gasteiger partial charge in [-0.1, -0.05) is 6.92 Å². The molecular weight excluding hydrogens is 150 g/mol. The summed E-state index contributed by atoms with van der Waals surface area (Å²) in [5, 5.41) is 3.23. The van der Waals surface area contributed by atoms with Crippen molar-refractivity contribution < 1.29 is 4.74 Å². The van der Waals surface area contributed by atoms with Crippen molar-refractivity contribution in [1.82, 2.24) is 5.32 Å². The predicted molar refractivity (Wildman–Crippen MR) is 51.3 cm³/mol. The normalized spacial score (nSPS) is 22.5. The van der Waals surface area contributed by atoms with Crippen molar-refractivity contribution in [2.24, 2.45) is 11.8 Å². The van der Waals surface area contributed by atoms with E-state index >= 15 is 0 Å². The van der Waals surface area contributed by atoms with E-state index in [1.165, 1.54) is 19.3 Å². The average Bonchev–Trinajstić information content (AvgIpc) is 2.06. The van der Waals surface area contributed by atoms with E-state index in [1.54, 1.807) is 0 Å². The van der Waals surface area contributed by atoms with Crippen LogP contribution in [0.25, 0.3) is 0 Å². The van der Waals surface area contributed by atoms with Crippen LogP contribution in [0.3, 0.4) is 0 Å². The van der Waals surface area contributed by atoms with Gasteiger partial charge in [0.2, 0.25) is 0 Å². The molecule has 0 aromatic carbocycles. The number of nitrogens with one attached hydrogen (secondary N) is 1. The molecule has 0 amide bonds. The fourth-order valence-corrected chi connectivity index (χ4v) is 1.98. The Labute approximate surface area is 75.7 Å². The molecule has 1 aliphatic heterocycles. The lowest BCUT2D eigenvalue weighted by atomic mass is 9.90. The summed E-state index contributed by atoms with van der Waals surface area (Å²) in [6, 6.07) is 0. The van der Waals surface area contributed by atoms with Crippen LogP contribution in [0.15, 0.2) is 0 Å². The molecule has 2 heteroatoms. The van der Waals surface area contributed by atoms with E-state index < -0.39 is 0 Å². The van der Waals surface area contributed by atoms with Crippen molar-refractivity contribution in [1.29, 1.82) is 0 Å². The largest absolute Gasteiger partial charge is 0.381 e. The summed E-state index contributed by atoms with van der Waals surface area (Å²) in [6.07, 6.45) is 3.91. The van der Waals surface area contributed by atoms with Gasteiger partial charge in [0.05, 0.1) is 0 Å². The Kier molecular flexibility index (Phi) is 4.62. The number of hydrogen-bond acceptors (Lipinski definition) is 2. The fourth-order valence-electron chi connectivity index (χ4n) is 1.98. The van der Waals surface area contributed by atoms with E-state index in [1.807, 2.05) is 7.05 Å². The Bertz CT molecular complexity index is 110. The van der Waals surface area contributed by atoms with Crippen LogP contribution in [0, 0.1) is 11.8 Å². The van der Waals surface area contributed by atoms with Crippen molar-refractivity contribution in [3.05, 3.63) is 0 Å². The minimum atomic E-state index is 0.818. The summed E-state index contributed by atoms with van der Waals surface area (Å²) in [6.45, 7) is 5.44. The Morgan fingerprint density at radius 1 is 1.42 bits per heavy atom. The highest BCUT2D eigenvalue weighted by molar-refractivity contribution is 4.67. The molecule has 1 rings (SSSR count). The van der Waals surface area contributed by atoms with Gasteiger partial charge in [0, 0.05) is 13.2 Å². The first-order valence-corrected chi connectivity index (χ1v) is 5.05. The zero-order valence-corrected chi connectivity index (χ0v) is 8.31. The van der Waals surface area contributed by atoms with Crippen molar-refractivity contribution >= 4 is 0 Å². The van der Waals surface area contributed by atoms with Gasteiger partial charge in [-0.15, -0.1) is 0 Å². The third-order valence-corrected chi connectivity index (χ3v) is 2.63. The second kappa shape index (κ2) is 5.55. The van der Waals surface area contributed by atoms with Gasteiger partial charge in [-0.25, -0.2) is 0 Å². The third-order valence-electron chi connectivity index (χ3n) is 2.63. The van der Waals surface area contributed by atoms with E-state index in [4.69, 9.17) is 4.74 Å². The van der Waals surface area contributed by atoms with Crippen LogP contribution in [0.4, 0.5) is 0 Å². The molecule has 0 aromatic heterocycles. The molecule has 1 heterocycles. The topological polar surface area (TPSA) is 21.3 Å². The molecule has 0 aliphatic carbocycles. The Balaban J connectivity index is 2.11. The molecule has 1 aliphatic rings. The second-order valence-electron chi connectivity index (χ2n) is 3.95. The molecule has 0 aromatic rings. The smallest absolute Gasteiger partial charge is 0.0468 e. The molecule has 0 bridgehead atoms. The molecule has 0 saturated carbocycles. The van der Waals surface area contributed by atoms with E-state index in [0.717, 1.165) is 31.6 Å². The standard InChI is InChI=1S/C10H21NO/c1-9(8-11-2)7-10-3-5-12-6-4-10/h9-11H,3-8H2,1-2H3. The summed E-state index contributed by atoms with van der Waals surface area (Å²) >= 11 is 0. The summed E-state index contributed by atoms with van der Waals surface area (Å²) < 4.78 is 5.33. The molecule has 1 saturated heterocycles. The first kappa shape index (κ1) is 10.0. The van der Waals surface area contributed by atoms with Crippen LogP contribution in [-0.2, 0) is 4.74 Å². The summed E-state index contributed by atoms with van der Waals surface area (Å²) in [7, 11) is 2.03. The SMILES string of the molecule is CNCC(C)CC1CCOCC1. The highest BCUT2D eigenvalue weighted by Gasteiger charge is 2.15. The molecular formula is C10H21NO. The monoisotopic (exact) mass is 171 g/mol. The van der Waals surface area contributed by atoms with E-state index in [0.29, 0.717) is 0 Å². The highest BCUT2D eigenvalue weighted by atomic mass is 16.5.